The second kappa shape index (κ2) is 8.02. The molecule has 4 heterocycles. The third kappa shape index (κ3) is 3.40. The number of nitriles is 1. The summed E-state index contributed by atoms with van der Waals surface area (Å²) in [5, 5.41) is 19.7. The minimum absolute atomic E-state index is 0.0593. The minimum Gasteiger partial charge on any atom is -0.442 e. The van der Waals surface area contributed by atoms with Gasteiger partial charge in [0.15, 0.2) is 5.82 Å². The van der Waals surface area contributed by atoms with Gasteiger partial charge in [0.25, 0.3) is 0 Å². The molecule has 3 aliphatic rings. The normalized spacial score (nSPS) is 26.8. The maximum Gasteiger partial charge on any atom is 0.414 e. The number of hydrogen-bond acceptors (Lipinski definition) is 8. The molecule has 1 aliphatic carbocycles. The first-order valence-corrected chi connectivity index (χ1v) is 11.2. The first kappa shape index (κ1) is 21.5. The summed E-state index contributed by atoms with van der Waals surface area (Å²) >= 11 is 0. The van der Waals surface area contributed by atoms with Gasteiger partial charge in [0.1, 0.15) is 29.4 Å². The Bertz CT molecular complexity index is 1290. The van der Waals surface area contributed by atoms with E-state index in [0.29, 0.717) is 11.5 Å². The number of hydrogen-bond donors (Lipinski definition) is 2. The van der Waals surface area contributed by atoms with Crippen LogP contribution in [0.25, 0.3) is 11.1 Å². The third-order valence-electron chi connectivity index (χ3n) is 7.10. The zero-order chi connectivity index (χ0) is 24.2. The molecular formula is C24H20F2N6O3. The highest BCUT2D eigenvalue weighted by Crippen LogP contribution is 2.60. The Labute approximate surface area is 198 Å². The van der Waals surface area contributed by atoms with Crippen LogP contribution in [0.4, 0.5) is 25.1 Å². The number of amides is 1. The Morgan fingerprint density at radius 1 is 1.23 bits per heavy atom. The number of cyclic esters (lactones) is 1. The molecule has 2 N–H and O–H groups in total. The first-order valence-electron chi connectivity index (χ1n) is 11.2. The van der Waals surface area contributed by atoms with Crippen LogP contribution in [0.3, 0.4) is 0 Å². The van der Waals surface area contributed by atoms with Gasteiger partial charge in [-0.1, -0.05) is 11.2 Å². The van der Waals surface area contributed by atoms with E-state index in [0.717, 1.165) is 25.2 Å². The second-order valence-electron chi connectivity index (χ2n) is 8.95. The summed E-state index contributed by atoms with van der Waals surface area (Å²) in [5.41, 5.74) is 0.0750. The Morgan fingerprint density at radius 2 is 2.00 bits per heavy atom. The van der Waals surface area contributed by atoms with Crippen molar-refractivity contribution in [1.29, 1.82) is 5.26 Å². The molecule has 1 amide bonds. The van der Waals surface area contributed by atoms with Gasteiger partial charge in [0, 0.05) is 42.8 Å². The predicted molar refractivity (Wildman–Crippen MR) is 119 cm³/mol. The fourth-order valence-corrected chi connectivity index (χ4v) is 5.28. The van der Waals surface area contributed by atoms with Crippen molar-refractivity contribution < 1.29 is 22.8 Å². The molecule has 178 valence electrons. The Kier molecular flexibility index (Phi) is 4.93. The van der Waals surface area contributed by atoms with Gasteiger partial charge >= 0.3 is 6.09 Å². The highest BCUT2D eigenvalue weighted by atomic mass is 19.1. The summed E-state index contributed by atoms with van der Waals surface area (Å²) in [6.07, 6.45) is 1.57. The summed E-state index contributed by atoms with van der Waals surface area (Å²) in [4.78, 5) is 17.9. The van der Waals surface area contributed by atoms with Crippen LogP contribution in [0.15, 0.2) is 47.3 Å². The number of rotatable bonds is 6. The number of carbonyl (C=O) groups excluding carboxylic acids is 1. The molecule has 2 aromatic heterocycles. The summed E-state index contributed by atoms with van der Waals surface area (Å²) < 4.78 is 40.2. The van der Waals surface area contributed by atoms with Crippen molar-refractivity contribution in [2.75, 3.05) is 36.4 Å². The molecule has 35 heavy (non-hydrogen) atoms. The monoisotopic (exact) mass is 478 g/mol. The number of benzene rings is 1. The number of carbonyl (C=O) groups is 1. The van der Waals surface area contributed by atoms with Gasteiger partial charge in [-0.3, -0.25) is 9.88 Å². The molecule has 0 bridgehead atoms. The molecular weight excluding hydrogens is 458 g/mol. The SMILES string of the molecule is N#CC1(c2ccc(-c3c(F)cc(N4C[C@@H](CNc5ccon5)OC4=O)cc3F)cn2)[C@@H]2CNC[C@@H]21. The predicted octanol–water partition coefficient (Wildman–Crippen LogP) is 3.06. The number of aromatic nitrogens is 2. The molecule has 3 fully saturated rings. The van der Waals surface area contributed by atoms with Crippen molar-refractivity contribution in [3.63, 3.8) is 0 Å². The number of fused-ring (bicyclic) bond motifs is 1. The lowest BCUT2D eigenvalue weighted by Gasteiger charge is -2.16. The topological polar surface area (TPSA) is 116 Å². The maximum absolute atomic E-state index is 15.1. The number of nitrogens with one attached hydrogen (secondary N) is 2. The van der Waals surface area contributed by atoms with Crippen molar-refractivity contribution in [2.24, 2.45) is 11.8 Å². The van der Waals surface area contributed by atoms with Crippen LogP contribution in [0, 0.1) is 34.8 Å². The standard InChI is InChI=1S/C24H20F2N6O3/c25-18-5-14(32-11-15(35-23(32)33)8-30-21-3-4-34-31-21)6-19(26)22(18)13-1-2-20(29-7-13)24(12-27)16-9-28-10-17(16)24/h1-7,15-17,28H,8-11H2,(H,30,31)/t15-,16-,17+,24?/m1/s1. The van der Waals surface area contributed by atoms with E-state index in [2.05, 4.69) is 26.8 Å². The summed E-state index contributed by atoms with van der Waals surface area (Å²) in [5.74, 6) is -0.728. The molecule has 0 radical (unpaired) electrons. The van der Waals surface area contributed by atoms with Crippen molar-refractivity contribution in [3.8, 4) is 17.2 Å². The first-order chi connectivity index (χ1) is 17.0. The Balaban J connectivity index is 1.20. The summed E-state index contributed by atoms with van der Waals surface area (Å²) in [6, 6.07) is 9.49. The van der Waals surface area contributed by atoms with Crippen LogP contribution in [-0.2, 0) is 10.2 Å². The number of pyridine rings is 1. The molecule has 2 aliphatic heterocycles. The number of ether oxygens (including phenoxy) is 1. The van der Waals surface area contributed by atoms with E-state index in [9.17, 15) is 10.1 Å². The fourth-order valence-electron chi connectivity index (χ4n) is 5.28. The smallest absolute Gasteiger partial charge is 0.414 e. The van der Waals surface area contributed by atoms with Gasteiger partial charge in [-0.25, -0.2) is 13.6 Å². The summed E-state index contributed by atoms with van der Waals surface area (Å²) in [7, 11) is 0. The molecule has 11 heteroatoms. The molecule has 4 atom stereocenters. The van der Waals surface area contributed by atoms with Gasteiger partial charge in [-0.15, -0.1) is 0 Å². The molecule has 2 saturated heterocycles. The zero-order valence-electron chi connectivity index (χ0n) is 18.4. The molecule has 1 saturated carbocycles. The van der Waals surface area contributed by atoms with E-state index in [1.165, 1.54) is 17.4 Å². The minimum atomic E-state index is -0.825. The summed E-state index contributed by atoms with van der Waals surface area (Å²) in [6.45, 7) is 1.91. The highest BCUT2D eigenvalue weighted by Gasteiger charge is 2.69. The lowest BCUT2D eigenvalue weighted by atomic mass is 9.95. The van der Waals surface area contributed by atoms with Gasteiger partial charge in [-0.05, 0) is 18.2 Å². The van der Waals surface area contributed by atoms with E-state index in [-0.39, 0.29) is 41.7 Å². The largest absolute Gasteiger partial charge is 0.442 e. The number of anilines is 2. The van der Waals surface area contributed by atoms with Crippen LogP contribution >= 0.6 is 0 Å². The average molecular weight is 478 g/mol. The molecule has 3 aromatic rings. The molecule has 1 unspecified atom stereocenters. The lowest BCUT2D eigenvalue weighted by molar-refractivity contribution is 0.147. The van der Waals surface area contributed by atoms with Crippen molar-refractivity contribution in [2.45, 2.75) is 11.5 Å². The Hall–Kier alpha value is -4.04. The van der Waals surface area contributed by atoms with Crippen LogP contribution < -0.4 is 15.5 Å². The molecule has 0 spiro atoms. The second-order valence-corrected chi connectivity index (χ2v) is 8.95. The van der Waals surface area contributed by atoms with Crippen LogP contribution in [0.1, 0.15) is 5.69 Å². The van der Waals surface area contributed by atoms with Crippen molar-refractivity contribution in [1.82, 2.24) is 15.5 Å². The van der Waals surface area contributed by atoms with Crippen LogP contribution in [-0.4, -0.2) is 48.5 Å². The van der Waals surface area contributed by atoms with Crippen molar-refractivity contribution >= 4 is 17.6 Å². The van der Waals surface area contributed by atoms with Crippen LogP contribution in [0.2, 0.25) is 0 Å². The number of nitrogens with zero attached hydrogens (tertiary/aromatic N) is 4. The van der Waals surface area contributed by atoms with Gasteiger partial charge in [-0.2, -0.15) is 5.26 Å². The highest BCUT2D eigenvalue weighted by molar-refractivity contribution is 5.90. The van der Waals surface area contributed by atoms with Gasteiger partial charge < -0.3 is 19.9 Å². The molecule has 6 rings (SSSR count). The fraction of sp³-hybridized carbons (Fsp3) is 0.333. The average Bonchev–Trinajstić information content (AvgIpc) is 3.38. The quantitative estimate of drug-likeness (QED) is 0.555. The van der Waals surface area contributed by atoms with E-state index in [4.69, 9.17) is 9.26 Å². The molecule has 1 aromatic carbocycles. The zero-order valence-corrected chi connectivity index (χ0v) is 18.4. The van der Waals surface area contributed by atoms with Crippen molar-refractivity contribution in [3.05, 3.63) is 60.1 Å². The lowest BCUT2D eigenvalue weighted by Crippen LogP contribution is -2.27. The Morgan fingerprint density at radius 3 is 2.63 bits per heavy atom. The van der Waals surface area contributed by atoms with Gasteiger partial charge in [0.2, 0.25) is 0 Å². The van der Waals surface area contributed by atoms with E-state index in [1.807, 2.05) is 0 Å². The number of halogens is 2. The van der Waals surface area contributed by atoms with E-state index >= 15 is 8.78 Å². The maximum atomic E-state index is 15.1. The third-order valence-corrected chi connectivity index (χ3v) is 7.10. The van der Waals surface area contributed by atoms with Gasteiger partial charge in [0.05, 0.1) is 36.1 Å². The number of piperidine rings is 1. The van der Waals surface area contributed by atoms with E-state index in [1.54, 1.807) is 18.2 Å². The van der Waals surface area contributed by atoms with Crippen LogP contribution in [0.5, 0.6) is 0 Å². The van der Waals surface area contributed by atoms with E-state index < -0.39 is 29.2 Å². The molecule has 9 nitrogen and oxygen atoms in total.